The largest absolute Gasteiger partial charge is 0.480 e. The summed E-state index contributed by atoms with van der Waals surface area (Å²) in [5.74, 6) is -3.87. The van der Waals surface area contributed by atoms with Crippen LogP contribution in [0, 0.1) is 0 Å². The van der Waals surface area contributed by atoms with Crippen molar-refractivity contribution in [1.29, 1.82) is 0 Å². The van der Waals surface area contributed by atoms with Gasteiger partial charge in [-0.1, -0.05) is 0 Å². The Kier molecular flexibility index (Phi) is 11.0. The Morgan fingerprint density at radius 2 is 1.76 bits per heavy atom. The highest BCUT2D eigenvalue weighted by molar-refractivity contribution is 5.94. The summed E-state index contributed by atoms with van der Waals surface area (Å²) in [6.45, 7) is 2.08. The zero-order chi connectivity index (χ0) is 25.1. The van der Waals surface area contributed by atoms with Crippen LogP contribution in [-0.2, 0) is 24.0 Å². The number of amides is 4. The fraction of sp³-hybridized carbons (Fsp3) is 0.684. The fourth-order valence-corrected chi connectivity index (χ4v) is 3.42. The molecule has 1 aliphatic heterocycles. The van der Waals surface area contributed by atoms with Crippen molar-refractivity contribution < 1.29 is 29.1 Å². The molecule has 0 spiro atoms. The van der Waals surface area contributed by atoms with Crippen molar-refractivity contribution in [3.8, 4) is 0 Å². The molecule has 186 valence electrons. The summed E-state index contributed by atoms with van der Waals surface area (Å²) in [4.78, 5) is 65.7. The van der Waals surface area contributed by atoms with Crippen molar-refractivity contribution in [2.45, 2.75) is 69.6 Å². The molecule has 14 nitrogen and oxygen atoms in total. The van der Waals surface area contributed by atoms with E-state index in [-0.39, 0.29) is 37.7 Å². The van der Waals surface area contributed by atoms with E-state index in [0.29, 0.717) is 25.8 Å². The number of primary amides is 1. The van der Waals surface area contributed by atoms with Crippen molar-refractivity contribution >= 4 is 35.6 Å². The number of nitrogens with one attached hydrogen (secondary N) is 2. The number of aliphatic carboxylic acids is 1. The maximum atomic E-state index is 12.9. The van der Waals surface area contributed by atoms with Gasteiger partial charge in [0.1, 0.15) is 18.1 Å². The van der Waals surface area contributed by atoms with Crippen LogP contribution >= 0.6 is 0 Å². The molecule has 4 atom stereocenters. The van der Waals surface area contributed by atoms with Gasteiger partial charge < -0.3 is 43.6 Å². The summed E-state index contributed by atoms with van der Waals surface area (Å²) in [6.07, 6.45) is 0.974. The van der Waals surface area contributed by atoms with E-state index in [1.807, 2.05) is 0 Å². The molecule has 0 aromatic carbocycles. The second-order valence-corrected chi connectivity index (χ2v) is 7.89. The summed E-state index contributed by atoms with van der Waals surface area (Å²) in [5, 5.41) is 14.3. The van der Waals surface area contributed by atoms with Gasteiger partial charge in [0.15, 0.2) is 5.96 Å². The molecule has 0 bridgehead atoms. The predicted molar refractivity (Wildman–Crippen MR) is 118 cm³/mol. The molecule has 4 amide bonds. The number of carbonyl (C=O) groups is 5. The molecular weight excluding hydrogens is 436 g/mol. The summed E-state index contributed by atoms with van der Waals surface area (Å²) in [5.41, 5.74) is 21.3. The minimum absolute atomic E-state index is 0.102. The van der Waals surface area contributed by atoms with Gasteiger partial charge in [0.2, 0.25) is 23.6 Å². The van der Waals surface area contributed by atoms with E-state index < -0.39 is 47.9 Å². The number of carbonyl (C=O) groups excluding carboxylic acids is 4. The number of rotatable bonds is 13. The smallest absolute Gasteiger partial charge is 0.326 e. The van der Waals surface area contributed by atoms with Gasteiger partial charge in [-0.25, -0.2) is 4.79 Å². The number of hydrogen-bond donors (Lipinski definition) is 7. The lowest BCUT2D eigenvalue weighted by Gasteiger charge is -2.28. The van der Waals surface area contributed by atoms with Crippen LogP contribution in [0.4, 0.5) is 0 Å². The Morgan fingerprint density at radius 3 is 2.30 bits per heavy atom. The normalized spacial score (nSPS) is 18.0. The number of carboxylic acid groups (broad SMARTS) is 1. The van der Waals surface area contributed by atoms with Gasteiger partial charge in [0, 0.05) is 19.5 Å². The van der Waals surface area contributed by atoms with Gasteiger partial charge in [-0.15, -0.1) is 0 Å². The first kappa shape index (κ1) is 27.6. The summed E-state index contributed by atoms with van der Waals surface area (Å²) in [7, 11) is 0. The molecular formula is C19H34N8O6. The first-order chi connectivity index (χ1) is 15.4. The first-order valence-electron chi connectivity index (χ1n) is 10.7. The lowest BCUT2D eigenvalue weighted by molar-refractivity contribution is -0.143. The number of hydrogen-bond acceptors (Lipinski definition) is 7. The maximum absolute atomic E-state index is 12.9. The van der Waals surface area contributed by atoms with Crippen LogP contribution in [0.15, 0.2) is 4.99 Å². The lowest BCUT2D eigenvalue weighted by Crippen LogP contribution is -2.56. The first-order valence-corrected chi connectivity index (χ1v) is 10.7. The maximum Gasteiger partial charge on any atom is 0.326 e. The Labute approximate surface area is 191 Å². The Hall–Kier alpha value is -3.42. The van der Waals surface area contributed by atoms with Crippen LogP contribution in [-0.4, -0.2) is 82.8 Å². The molecule has 11 N–H and O–H groups in total. The van der Waals surface area contributed by atoms with Crippen LogP contribution in [0.25, 0.3) is 0 Å². The van der Waals surface area contributed by atoms with Crippen molar-refractivity contribution in [2.75, 3.05) is 13.1 Å². The minimum atomic E-state index is -1.37. The Bertz CT molecular complexity index is 767. The molecule has 1 aliphatic rings. The topological polar surface area (TPSA) is 249 Å². The number of aliphatic imine (C=N–C) groups is 1. The molecule has 33 heavy (non-hydrogen) atoms. The van der Waals surface area contributed by atoms with Gasteiger partial charge in [-0.05, 0) is 39.0 Å². The predicted octanol–water partition coefficient (Wildman–Crippen LogP) is -3.30. The third-order valence-corrected chi connectivity index (χ3v) is 5.10. The highest BCUT2D eigenvalue weighted by atomic mass is 16.4. The second kappa shape index (κ2) is 13.2. The average Bonchev–Trinajstić information content (AvgIpc) is 3.21. The summed E-state index contributed by atoms with van der Waals surface area (Å²) >= 11 is 0. The molecule has 0 aliphatic carbocycles. The fourth-order valence-electron chi connectivity index (χ4n) is 3.42. The molecule has 0 saturated carbocycles. The summed E-state index contributed by atoms with van der Waals surface area (Å²) in [6, 6.07) is -4.06. The molecule has 1 rings (SSSR count). The average molecular weight is 471 g/mol. The van der Waals surface area contributed by atoms with E-state index in [1.165, 1.54) is 11.8 Å². The number of carboxylic acids is 1. The molecule has 14 heteroatoms. The Balaban J connectivity index is 2.93. The van der Waals surface area contributed by atoms with Gasteiger partial charge in [-0.2, -0.15) is 0 Å². The van der Waals surface area contributed by atoms with Crippen molar-refractivity contribution in [3.63, 3.8) is 0 Å². The van der Waals surface area contributed by atoms with Gasteiger partial charge in [0.05, 0.1) is 6.04 Å². The highest BCUT2D eigenvalue weighted by Gasteiger charge is 2.37. The molecule has 4 unspecified atom stereocenters. The standard InChI is InChI=1S/C19H34N8O6/c1-10(20)17(31)27-9-3-5-13(27)16(30)25-11(4-2-8-24-19(22)23)15(29)26-12(18(32)33)6-7-14(21)28/h10-13H,2-9,20H2,1H3,(H2,21,28)(H,25,30)(H,26,29)(H,32,33)(H4,22,23,24). The third kappa shape index (κ3) is 9.31. The quantitative estimate of drug-likeness (QED) is 0.0807. The molecule has 1 heterocycles. The Morgan fingerprint density at radius 1 is 1.09 bits per heavy atom. The van der Waals surface area contributed by atoms with Gasteiger partial charge in [0.25, 0.3) is 0 Å². The van der Waals surface area contributed by atoms with E-state index in [9.17, 15) is 29.1 Å². The molecule has 0 aromatic heterocycles. The SMILES string of the molecule is CC(N)C(=O)N1CCCC1C(=O)NC(CCCN=C(N)N)C(=O)NC(CCC(N)=O)C(=O)O. The molecule has 1 fully saturated rings. The molecule has 0 radical (unpaired) electrons. The van der Waals surface area contributed by atoms with E-state index in [4.69, 9.17) is 22.9 Å². The van der Waals surface area contributed by atoms with Gasteiger partial charge >= 0.3 is 5.97 Å². The lowest BCUT2D eigenvalue weighted by atomic mass is 10.1. The highest BCUT2D eigenvalue weighted by Crippen LogP contribution is 2.19. The van der Waals surface area contributed by atoms with Crippen LogP contribution in [0.3, 0.4) is 0 Å². The number of nitrogens with zero attached hydrogens (tertiary/aromatic N) is 2. The number of likely N-dealkylation sites (tertiary alicyclic amines) is 1. The van der Waals surface area contributed by atoms with E-state index in [0.717, 1.165) is 0 Å². The van der Waals surface area contributed by atoms with Crippen LogP contribution in [0.2, 0.25) is 0 Å². The van der Waals surface area contributed by atoms with E-state index in [2.05, 4.69) is 15.6 Å². The van der Waals surface area contributed by atoms with Crippen LogP contribution < -0.4 is 33.6 Å². The van der Waals surface area contributed by atoms with Crippen molar-refractivity contribution in [3.05, 3.63) is 0 Å². The number of nitrogens with two attached hydrogens (primary N) is 4. The second-order valence-electron chi connectivity index (χ2n) is 7.89. The molecule has 0 aromatic rings. The van der Waals surface area contributed by atoms with Crippen LogP contribution in [0.1, 0.15) is 45.4 Å². The van der Waals surface area contributed by atoms with Gasteiger partial charge in [-0.3, -0.25) is 24.2 Å². The number of guanidine groups is 1. The third-order valence-electron chi connectivity index (χ3n) is 5.10. The monoisotopic (exact) mass is 470 g/mol. The summed E-state index contributed by atoms with van der Waals surface area (Å²) < 4.78 is 0. The van der Waals surface area contributed by atoms with E-state index >= 15 is 0 Å². The zero-order valence-corrected chi connectivity index (χ0v) is 18.7. The van der Waals surface area contributed by atoms with Crippen molar-refractivity contribution in [1.82, 2.24) is 15.5 Å². The van der Waals surface area contributed by atoms with Crippen molar-refractivity contribution in [2.24, 2.45) is 27.9 Å². The van der Waals surface area contributed by atoms with E-state index in [1.54, 1.807) is 0 Å². The zero-order valence-electron chi connectivity index (χ0n) is 18.7. The minimum Gasteiger partial charge on any atom is -0.480 e. The van der Waals surface area contributed by atoms with Crippen LogP contribution in [0.5, 0.6) is 0 Å². The molecule has 1 saturated heterocycles.